The fraction of sp³-hybridized carbons (Fsp3) is 0.667. The molecule has 0 aliphatic heterocycles. The van der Waals surface area contributed by atoms with Crippen LogP contribution in [0.15, 0.2) is 30.3 Å². The van der Waals surface area contributed by atoms with Crippen molar-refractivity contribution in [3.8, 4) is 0 Å². The molecule has 0 saturated heterocycles. The highest BCUT2D eigenvalue weighted by atomic mass is 31.2. The first kappa shape index (κ1) is 19.4. The van der Waals surface area contributed by atoms with Gasteiger partial charge >= 0.3 is 7.60 Å². The first-order valence-electron chi connectivity index (χ1n) is 8.62. The monoisotopic (exact) mass is 326 g/mol. The highest BCUT2D eigenvalue weighted by Crippen LogP contribution is 2.49. The second kappa shape index (κ2) is 11.9. The van der Waals surface area contributed by atoms with Crippen molar-refractivity contribution < 1.29 is 13.6 Å². The molecule has 0 aliphatic rings. The minimum atomic E-state index is -2.92. The van der Waals surface area contributed by atoms with Crippen molar-refractivity contribution >= 4 is 7.60 Å². The maximum atomic E-state index is 12.8. The Morgan fingerprint density at radius 3 is 2.23 bits per heavy atom. The third-order valence-electron chi connectivity index (χ3n) is 3.59. The van der Waals surface area contributed by atoms with Crippen molar-refractivity contribution in [2.75, 3.05) is 19.4 Å². The van der Waals surface area contributed by atoms with Gasteiger partial charge in [0.25, 0.3) is 0 Å². The number of benzene rings is 1. The summed E-state index contributed by atoms with van der Waals surface area (Å²) >= 11 is 0. The van der Waals surface area contributed by atoms with Crippen LogP contribution in [0.1, 0.15) is 57.9 Å². The van der Waals surface area contributed by atoms with Crippen molar-refractivity contribution in [3.05, 3.63) is 35.9 Å². The van der Waals surface area contributed by atoms with Gasteiger partial charge < -0.3 is 9.05 Å². The molecular weight excluding hydrogens is 295 g/mol. The van der Waals surface area contributed by atoms with Gasteiger partial charge in [0.15, 0.2) is 0 Å². The fourth-order valence-corrected chi connectivity index (χ4v) is 4.01. The maximum Gasteiger partial charge on any atom is 0.330 e. The molecule has 0 saturated carbocycles. The number of hydrogen-bond acceptors (Lipinski definition) is 3. The van der Waals surface area contributed by atoms with Gasteiger partial charge in [0.05, 0.1) is 19.4 Å². The van der Waals surface area contributed by atoms with E-state index in [4.69, 9.17) is 9.05 Å². The van der Waals surface area contributed by atoms with Gasteiger partial charge in [-0.25, -0.2) is 0 Å². The first-order chi connectivity index (χ1) is 10.7. The van der Waals surface area contributed by atoms with Crippen molar-refractivity contribution in [2.45, 2.75) is 58.8 Å². The highest BCUT2D eigenvalue weighted by molar-refractivity contribution is 7.53. The Bertz CT molecular complexity index is 420. The Morgan fingerprint density at radius 1 is 0.864 bits per heavy atom. The summed E-state index contributed by atoms with van der Waals surface area (Å²) in [4.78, 5) is 0. The third kappa shape index (κ3) is 8.73. The van der Waals surface area contributed by atoms with Crippen LogP contribution >= 0.6 is 7.60 Å². The average Bonchev–Trinajstić information content (AvgIpc) is 2.54. The molecular formula is C18H31O3P. The standard InChI is InChI=1S/C18H31O3P/c1-3-5-7-11-15-20-22(19,17-6-4-2)21-16-14-18-12-9-8-10-13-18/h8-10,12-13H,3-7,11,14-17H2,1-2H3. The summed E-state index contributed by atoms with van der Waals surface area (Å²) in [6.45, 7) is 5.28. The highest BCUT2D eigenvalue weighted by Gasteiger charge is 2.23. The van der Waals surface area contributed by atoms with Crippen molar-refractivity contribution in [1.29, 1.82) is 0 Å². The van der Waals surface area contributed by atoms with Crippen LogP contribution in [-0.4, -0.2) is 19.4 Å². The van der Waals surface area contributed by atoms with Crippen LogP contribution in [0.25, 0.3) is 0 Å². The lowest BCUT2D eigenvalue weighted by atomic mass is 10.2. The van der Waals surface area contributed by atoms with E-state index in [0.717, 1.165) is 32.1 Å². The lowest BCUT2D eigenvalue weighted by Crippen LogP contribution is -2.05. The lowest BCUT2D eigenvalue weighted by Gasteiger charge is -2.18. The number of unbranched alkanes of at least 4 members (excludes halogenated alkanes) is 4. The summed E-state index contributed by atoms with van der Waals surface area (Å²) in [5.74, 6) is 0. The molecule has 0 aliphatic carbocycles. The summed E-state index contributed by atoms with van der Waals surface area (Å²) in [5.41, 5.74) is 1.20. The van der Waals surface area contributed by atoms with Crippen LogP contribution in [0, 0.1) is 0 Å². The molecule has 0 heterocycles. The van der Waals surface area contributed by atoms with Crippen LogP contribution in [-0.2, 0) is 20.0 Å². The second-order valence-electron chi connectivity index (χ2n) is 5.65. The summed E-state index contributed by atoms with van der Waals surface area (Å²) in [6, 6.07) is 10.1. The molecule has 4 heteroatoms. The summed E-state index contributed by atoms with van der Waals surface area (Å²) < 4.78 is 24.1. The van der Waals surface area contributed by atoms with Gasteiger partial charge in [-0.3, -0.25) is 4.57 Å². The minimum Gasteiger partial charge on any atom is -0.309 e. The predicted molar refractivity (Wildman–Crippen MR) is 93.6 cm³/mol. The van der Waals surface area contributed by atoms with Gasteiger partial charge in [-0.15, -0.1) is 0 Å². The Labute approximate surface area is 136 Å². The quantitative estimate of drug-likeness (QED) is 0.337. The van der Waals surface area contributed by atoms with E-state index in [2.05, 4.69) is 26.0 Å². The Morgan fingerprint density at radius 2 is 1.55 bits per heavy atom. The molecule has 0 N–H and O–H groups in total. The van der Waals surface area contributed by atoms with E-state index in [0.29, 0.717) is 19.4 Å². The van der Waals surface area contributed by atoms with Crippen LogP contribution in [0.3, 0.4) is 0 Å². The van der Waals surface area contributed by atoms with Crippen LogP contribution in [0.4, 0.5) is 0 Å². The molecule has 126 valence electrons. The second-order valence-corrected chi connectivity index (χ2v) is 7.84. The van der Waals surface area contributed by atoms with Gasteiger partial charge in [-0.1, -0.05) is 69.9 Å². The predicted octanol–water partition coefficient (Wildman–Crippen LogP) is 5.84. The molecule has 1 atom stereocenters. The van der Waals surface area contributed by atoms with E-state index in [1.165, 1.54) is 18.4 Å². The van der Waals surface area contributed by atoms with E-state index in [9.17, 15) is 4.57 Å². The molecule has 0 radical (unpaired) electrons. The molecule has 0 aromatic heterocycles. The molecule has 1 aromatic rings. The molecule has 1 aromatic carbocycles. The van der Waals surface area contributed by atoms with Gasteiger partial charge in [-0.2, -0.15) is 0 Å². The largest absolute Gasteiger partial charge is 0.330 e. The topological polar surface area (TPSA) is 35.5 Å². The molecule has 22 heavy (non-hydrogen) atoms. The zero-order valence-electron chi connectivity index (χ0n) is 14.1. The first-order valence-corrected chi connectivity index (χ1v) is 10.3. The molecule has 0 fully saturated rings. The van der Waals surface area contributed by atoms with Gasteiger partial charge in [-0.05, 0) is 24.8 Å². The van der Waals surface area contributed by atoms with E-state index < -0.39 is 7.60 Å². The lowest BCUT2D eigenvalue weighted by molar-refractivity contribution is 0.202. The summed E-state index contributed by atoms with van der Waals surface area (Å²) in [5, 5.41) is 0. The van der Waals surface area contributed by atoms with E-state index in [1.54, 1.807) is 0 Å². The van der Waals surface area contributed by atoms with Crippen LogP contribution in [0.2, 0.25) is 0 Å². The Hall–Kier alpha value is -0.630. The Kier molecular flexibility index (Phi) is 10.5. The van der Waals surface area contributed by atoms with Gasteiger partial charge in [0, 0.05) is 0 Å². The maximum absolute atomic E-state index is 12.8. The van der Waals surface area contributed by atoms with Crippen LogP contribution in [0.5, 0.6) is 0 Å². The van der Waals surface area contributed by atoms with E-state index in [-0.39, 0.29) is 0 Å². The smallest absolute Gasteiger partial charge is 0.309 e. The normalized spacial score (nSPS) is 13.9. The van der Waals surface area contributed by atoms with Crippen LogP contribution < -0.4 is 0 Å². The van der Waals surface area contributed by atoms with Gasteiger partial charge in [0.1, 0.15) is 0 Å². The van der Waals surface area contributed by atoms with Crippen molar-refractivity contribution in [2.24, 2.45) is 0 Å². The van der Waals surface area contributed by atoms with Gasteiger partial charge in [0.2, 0.25) is 0 Å². The average molecular weight is 326 g/mol. The number of hydrogen-bond donors (Lipinski definition) is 0. The van der Waals surface area contributed by atoms with E-state index >= 15 is 0 Å². The summed E-state index contributed by atoms with van der Waals surface area (Å²) in [7, 11) is -2.92. The number of rotatable bonds is 13. The minimum absolute atomic E-state index is 0.458. The van der Waals surface area contributed by atoms with Crippen molar-refractivity contribution in [3.63, 3.8) is 0 Å². The zero-order valence-corrected chi connectivity index (χ0v) is 15.0. The summed E-state index contributed by atoms with van der Waals surface area (Å²) in [6.07, 6.45) is 7.70. The SMILES string of the molecule is CCCCCCOP(=O)(CCCC)OCCc1ccccc1. The zero-order chi connectivity index (χ0) is 16.1. The molecule has 0 amide bonds. The molecule has 3 nitrogen and oxygen atoms in total. The molecule has 0 bridgehead atoms. The van der Waals surface area contributed by atoms with Crippen molar-refractivity contribution in [1.82, 2.24) is 0 Å². The molecule has 1 unspecified atom stereocenters. The Balaban J connectivity index is 2.35. The fourth-order valence-electron chi connectivity index (χ4n) is 2.20. The molecule has 1 rings (SSSR count). The van der Waals surface area contributed by atoms with E-state index in [1.807, 2.05) is 18.2 Å². The third-order valence-corrected chi connectivity index (χ3v) is 5.61. The molecule has 0 spiro atoms.